The number of pyridine rings is 1. The van der Waals surface area contributed by atoms with E-state index < -0.39 is 35.6 Å². The molecular formula is C29H29ClF2N8O3. The number of aromatic nitrogens is 4. The van der Waals surface area contributed by atoms with Crippen LogP contribution in [0.5, 0.6) is 0 Å². The molecule has 3 aromatic rings. The van der Waals surface area contributed by atoms with Crippen molar-refractivity contribution in [2.45, 2.75) is 43.1 Å². The van der Waals surface area contributed by atoms with Crippen molar-refractivity contribution >= 4 is 30.1 Å². The van der Waals surface area contributed by atoms with Gasteiger partial charge in [-0.25, -0.2) is 18.3 Å². The summed E-state index contributed by atoms with van der Waals surface area (Å²) in [4.78, 5) is 33.1. The van der Waals surface area contributed by atoms with Crippen molar-refractivity contribution in [3.8, 4) is 17.2 Å². The van der Waals surface area contributed by atoms with Crippen LogP contribution in [0.25, 0.3) is 11.1 Å². The van der Waals surface area contributed by atoms with Crippen LogP contribution in [-0.4, -0.2) is 81.4 Å². The summed E-state index contributed by atoms with van der Waals surface area (Å²) < 4.78 is 35.9. The molecule has 11 nitrogen and oxygen atoms in total. The number of anilines is 1. The molecule has 1 aromatic carbocycles. The zero-order chi connectivity index (χ0) is 29.0. The van der Waals surface area contributed by atoms with Crippen LogP contribution >= 0.6 is 12.4 Å². The van der Waals surface area contributed by atoms with E-state index in [0.717, 1.165) is 6.42 Å². The Balaban J connectivity index is 0.00000329. The highest BCUT2D eigenvalue weighted by Gasteiger charge is 2.62. The molecule has 2 amide bonds. The third-order valence-electron chi connectivity index (χ3n) is 9.11. The number of amides is 2. The Labute approximate surface area is 252 Å². The molecule has 4 saturated heterocycles. The van der Waals surface area contributed by atoms with Gasteiger partial charge in [-0.3, -0.25) is 14.7 Å². The summed E-state index contributed by atoms with van der Waals surface area (Å²) in [6.07, 6.45) is 3.76. The van der Waals surface area contributed by atoms with Crippen LogP contribution in [-0.2, 0) is 21.5 Å². The Kier molecular flexibility index (Phi) is 7.52. The van der Waals surface area contributed by atoms with Gasteiger partial charge in [-0.15, -0.1) is 17.5 Å². The first kappa shape index (κ1) is 28.9. The molecule has 2 aromatic heterocycles. The van der Waals surface area contributed by atoms with E-state index >= 15 is 4.39 Å². The van der Waals surface area contributed by atoms with Crippen molar-refractivity contribution in [2.24, 2.45) is 11.8 Å². The number of nitriles is 1. The van der Waals surface area contributed by atoms with Gasteiger partial charge in [0.2, 0.25) is 5.91 Å². The zero-order valence-electron chi connectivity index (χ0n) is 23.0. The molecule has 0 spiro atoms. The number of halogens is 3. The Morgan fingerprint density at radius 2 is 2.00 bits per heavy atom. The topological polar surface area (TPSA) is 129 Å². The van der Waals surface area contributed by atoms with Crippen molar-refractivity contribution in [2.75, 3.05) is 31.1 Å². The highest BCUT2D eigenvalue weighted by molar-refractivity contribution is 5.90. The molecule has 4 aliphatic heterocycles. The number of nitrogens with zero attached hydrogens (tertiary/aromatic N) is 7. The third kappa shape index (κ3) is 4.88. The fraction of sp³-hybridized carbons (Fsp3) is 0.448. The van der Waals surface area contributed by atoms with Gasteiger partial charge in [0.25, 0.3) is 0 Å². The van der Waals surface area contributed by atoms with Crippen LogP contribution in [0.4, 0.5) is 19.3 Å². The molecule has 1 saturated carbocycles. The lowest BCUT2D eigenvalue weighted by atomic mass is 9.49. The summed E-state index contributed by atoms with van der Waals surface area (Å²) in [6, 6.07) is 10.1. The highest BCUT2D eigenvalue weighted by atomic mass is 35.5. The summed E-state index contributed by atoms with van der Waals surface area (Å²) >= 11 is 0. The standard InChI is InChI=1S/C29H28F2N8O3.ClH/c30-20-8-25(33-11-20)27(40)37-12-18-7-19(13-37)29(18,16-32)26-4-1-17(10-34-26)23-3-2-21(9-24(23)31)39-15-22(42-28(39)41)14-38-6-5-35-36-38;/h1-6,9-10,18-20,22,25,33H,7-8,11-15H2;1H/t18?,19?,20-,22-,25-,29?;/m0./s1. The largest absolute Gasteiger partial charge is 0.442 e. The second kappa shape index (κ2) is 11.2. The lowest BCUT2D eigenvalue weighted by Gasteiger charge is -2.58. The van der Waals surface area contributed by atoms with Crippen molar-refractivity contribution in [3.63, 3.8) is 0 Å². The van der Waals surface area contributed by atoms with E-state index in [4.69, 9.17) is 4.74 Å². The highest BCUT2D eigenvalue weighted by Crippen LogP contribution is 2.56. The molecule has 6 heterocycles. The molecular weight excluding hydrogens is 582 g/mol. The first-order valence-electron chi connectivity index (χ1n) is 14.0. The van der Waals surface area contributed by atoms with Crippen LogP contribution in [0.15, 0.2) is 48.9 Å². The van der Waals surface area contributed by atoms with E-state index in [9.17, 15) is 19.2 Å². The first-order valence-corrected chi connectivity index (χ1v) is 14.0. The monoisotopic (exact) mass is 610 g/mol. The zero-order valence-corrected chi connectivity index (χ0v) is 23.8. The smallest absolute Gasteiger partial charge is 0.414 e. The van der Waals surface area contributed by atoms with Gasteiger partial charge in [0.15, 0.2) is 0 Å². The maximum Gasteiger partial charge on any atom is 0.414 e. The number of cyclic esters (lactones) is 1. The second-order valence-electron chi connectivity index (χ2n) is 11.5. The number of hydrogen-bond acceptors (Lipinski definition) is 8. The van der Waals surface area contributed by atoms with E-state index in [0.29, 0.717) is 42.1 Å². The number of carbonyl (C=O) groups is 2. The number of hydrogen-bond donors (Lipinski definition) is 1. The Hall–Kier alpha value is -4.15. The van der Waals surface area contributed by atoms with Crippen molar-refractivity contribution in [1.29, 1.82) is 5.26 Å². The summed E-state index contributed by atoms with van der Waals surface area (Å²) in [5.74, 6) is -0.770. The molecule has 5 aliphatic rings. The number of carbonyl (C=O) groups excluding carboxylic acids is 2. The molecule has 2 unspecified atom stereocenters. The molecule has 2 bridgehead atoms. The predicted octanol–water partition coefficient (Wildman–Crippen LogP) is 2.87. The van der Waals surface area contributed by atoms with Gasteiger partial charge in [0.1, 0.15) is 23.5 Å². The minimum atomic E-state index is -1.01. The molecule has 8 rings (SSSR count). The van der Waals surface area contributed by atoms with Gasteiger partial charge in [-0.2, -0.15) is 5.26 Å². The van der Waals surface area contributed by atoms with Crippen molar-refractivity contribution < 1.29 is 23.1 Å². The van der Waals surface area contributed by atoms with E-state index in [-0.39, 0.29) is 49.7 Å². The average molecular weight is 611 g/mol. The van der Waals surface area contributed by atoms with Crippen molar-refractivity contribution in [3.05, 3.63) is 60.4 Å². The molecule has 14 heteroatoms. The molecule has 5 fully saturated rings. The van der Waals surface area contributed by atoms with Gasteiger partial charge < -0.3 is 15.0 Å². The number of rotatable bonds is 6. The Bertz CT molecular complexity index is 1550. The minimum Gasteiger partial charge on any atom is -0.442 e. The second-order valence-corrected chi connectivity index (χ2v) is 11.5. The van der Waals surface area contributed by atoms with Crippen molar-refractivity contribution in [1.82, 2.24) is 30.2 Å². The Morgan fingerprint density at radius 1 is 1.19 bits per heavy atom. The molecule has 0 radical (unpaired) electrons. The Morgan fingerprint density at radius 3 is 2.63 bits per heavy atom. The van der Waals surface area contributed by atoms with Crippen LogP contribution in [0.1, 0.15) is 18.5 Å². The summed E-state index contributed by atoms with van der Waals surface area (Å²) in [5.41, 5.74) is 1.03. The number of fused-ring (bicyclic) bond motifs is 2. The number of alkyl halides is 1. The summed E-state index contributed by atoms with van der Waals surface area (Å²) in [6.45, 7) is 1.64. The minimum absolute atomic E-state index is 0. The van der Waals surface area contributed by atoms with E-state index in [1.165, 1.54) is 17.2 Å². The SMILES string of the molecule is Cl.N#CC1(c2ccc(-c3ccc(N4C[C@H](Cn5ccnn5)OC4=O)cc3F)cn2)C2CC1CN(C(=O)[C@@H]1C[C@H](F)CN1)C2. The van der Waals surface area contributed by atoms with Gasteiger partial charge >= 0.3 is 6.09 Å². The van der Waals surface area contributed by atoms with Crippen LogP contribution in [0.2, 0.25) is 0 Å². The number of nitrogens with one attached hydrogen (secondary N) is 1. The lowest BCUT2D eigenvalue weighted by molar-refractivity contribution is -0.144. The lowest BCUT2D eigenvalue weighted by Crippen LogP contribution is -2.66. The van der Waals surface area contributed by atoms with Gasteiger partial charge in [-0.05, 0) is 30.7 Å². The van der Waals surface area contributed by atoms with E-state index in [1.54, 1.807) is 46.2 Å². The van der Waals surface area contributed by atoms with Gasteiger partial charge in [0, 0.05) is 61.4 Å². The van der Waals surface area contributed by atoms with Crippen LogP contribution < -0.4 is 10.2 Å². The maximum absolute atomic E-state index is 15.3. The predicted molar refractivity (Wildman–Crippen MR) is 151 cm³/mol. The van der Waals surface area contributed by atoms with Crippen LogP contribution in [0.3, 0.4) is 0 Å². The molecule has 43 heavy (non-hydrogen) atoms. The first-order chi connectivity index (χ1) is 20.4. The molecule has 1 aliphatic carbocycles. The van der Waals surface area contributed by atoms with Gasteiger partial charge in [-0.1, -0.05) is 11.3 Å². The maximum atomic E-state index is 15.3. The summed E-state index contributed by atoms with van der Waals surface area (Å²) in [7, 11) is 0. The fourth-order valence-corrected chi connectivity index (χ4v) is 6.94. The summed E-state index contributed by atoms with van der Waals surface area (Å²) in [5, 5.41) is 20.9. The van der Waals surface area contributed by atoms with Gasteiger partial charge in [0.05, 0.1) is 42.8 Å². The van der Waals surface area contributed by atoms with Crippen LogP contribution in [0, 0.1) is 29.0 Å². The van der Waals surface area contributed by atoms with E-state index in [1.807, 2.05) is 0 Å². The quantitative estimate of drug-likeness (QED) is 0.451. The number of piperidine rings is 2. The normalized spacial score (nSPS) is 29.4. The van der Waals surface area contributed by atoms with E-state index in [2.05, 4.69) is 26.7 Å². The molecule has 5 atom stereocenters. The number of ether oxygens (including phenoxy) is 1. The number of benzene rings is 1. The fourth-order valence-electron chi connectivity index (χ4n) is 6.94. The molecule has 224 valence electrons. The third-order valence-corrected chi connectivity index (χ3v) is 9.11. The average Bonchev–Trinajstić information content (AvgIpc) is 3.76. The molecule has 1 N–H and O–H groups in total.